The molecule has 3 N–H and O–H groups in total. The number of nitrogens with two attached hydrogens (primary N) is 1. The summed E-state index contributed by atoms with van der Waals surface area (Å²) in [5.74, 6) is 0.119. The predicted molar refractivity (Wildman–Crippen MR) is 70.1 cm³/mol. The van der Waals surface area contributed by atoms with Gasteiger partial charge in [-0.15, -0.1) is 0 Å². The highest BCUT2D eigenvalue weighted by Gasteiger charge is 2.20. The first-order valence-corrected chi connectivity index (χ1v) is 6.39. The second-order valence-corrected chi connectivity index (χ2v) is 4.61. The lowest BCUT2D eigenvalue weighted by Crippen LogP contribution is -2.05. The third-order valence-corrected chi connectivity index (χ3v) is 3.29. The summed E-state index contributed by atoms with van der Waals surface area (Å²) in [6, 6.07) is 4.38. The van der Waals surface area contributed by atoms with Crippen molar-refractivity contribution in [2.75, 3.05) is 11.9 Å². The Labute approximate surface area is 102 Å². The van der Waals surface area contributed by atoms with Gasteiger partial charge in [0.05, 0.1) is 6.42 Å². The fourth-order valence-electron chi connectivity index (χ4n) is 2.36. The molecule has 0 saturated heterocycles. The predicted octanol–water partition coefficient (Wildman–Crippen LogP) is 2.02. The molecule has 3 nitrogen and oxygen atoms in total. The van der Waals surface area contributed by atoms with Gasteiger partial charge in [0.25, 0.3) is 0 Å². The highest BCUT2D eigenvalue weighted by molar-refractivity contribution is 6.00. The molecule has 92 valence electrons. The Morgan fingerprint density at radius 2 is 2.18 bits per heavy atom. The summed E-state index contributed by atoms with van der Waals surface area (Å²) < 4.78 is 0. The molecule has 2 rings (SSSR count). The summed E-state index contributed by atoms with van der Waals surface area (Å²) in [5.41, 5.74) is 10.3. The van der Waals surface area contributed by atoms with E-state index in [2.05, 4.69) is 24.4 Å². The van der Waals surface area contributed by atoms with Crippen LogP contribution in [0, 0.1) is 0 Å². The van der Waals surface area contributed by atoms with E-state index < -0.39 is 0 Å². The average molecular weight is 232 g/mol. The van der Waals surface area contributed by atoms with Crippen molar-refractivity contribution >= 4 is 11.6 Å². The van der Waals surface area contributed by atoms with Gasteiger partial charge < -0.3 is 11.1 Å². The van der Waals surface area contributed by atoms with Crippen LogP contribution in [0.15, 0.2) is 12.1 Å². The zero-order chi connectivity index (χ0) is 12.3. The van der Waals surface area contributed by atoms with Gasteiger partial charge >= 0.3 is 0 Å². The molecule has 1 amide bonds. The quantitative estimate of drug-likeness (QED) is 0.763. The zero-order valence-electron chi connectivity index (χ0n) is 10.4. The van der Waals surface area contributed by atoms with Crippen molar-refractivity contribution in [3.8, 4) is 0 Å². The van der Waals surface area contributed by atoms with Gasteiger partial charge in [0.2, 0.25) is 5.91 Å². The maximum absolute atomic E-state index is 11.5. The molecule has 0 atom stereocenters. The maximum atomic E-state index is 11.5. The minimum atomic E-state index is 0.119. The first-order chi connectivity index (χ1) is 8.24. The van der Waals surface area contributed by atoms with E-state index in [0.29, 0.717) is 6.42 Å². The number of unbranched alkanes of at least 4 members (excludes halogenated alkanes) is 1. The van der Waals surface area contributed by atoms with Gasteiger partial charge in [-0.2, -0.15) is 0 Å². The smallest absolute Gasteiger partial charge is 0.228 e. The van der Waals surface area contributed by atoms with E-state index in [-0.39, 0.29) is 5.91 Å². The summed E-state index contributed by atoms with van der Waals surface area (Å²) in [7, 11) is 0. The Balaban J connectivity index is 2.24. The summed E-state index contributed by atoms with van der Waals surface area (Å²) in [6.07, 6.45) is 4.69. The number of fused-ring (bicyclic) bond motifs is 1. The van der Waals surface area contributed by atoms with Crippen molar-refractivity contribution in [3.63, 3.8) is 0 Å². The van der Waals surface area contributed by atoms with E-state index in [1.165, 1.54) is 11.1 Å². The summed E-state index contributed by atoms with van der Waals surface area (Å²) in [4.78, 5) is 11.5. The lowest BCUT2D eigenvalue weighted by atomic mass is 9.98. The van der Waals surface area contributed by atoms with E-state index in [0.717, 1.165) is 43.5 Å². The molecule has 0 unspecified atom stereocenters. The first-order valence-electron chi connectivity index (χ1n) is 6.39. The monoisotopic (exact) mass is 232 g/mol. The second-order valence-electron chi connectivity index (χ2n) is 4.61. The van der Waals surface area contributed by atoms with Crippen LogP contribution in [0.5, 0.6) is 0 Å². The third kappa shape index (κ3) is 2.67. The molecule has 0 fully saturated rings. The Hall–Kier alpha value is -1.35. The van der Waals surface area contributed by atoms with E-state index >= 15 is 0 Å². The van der Waals surface area contributed by atoms with E-state index in [4.69, 9.17) is 5.73 Å². The highest BCUT2D eigenvalue weighted by atomic mass is 16.1. The lowest BCUT2D eigenvalue weighted by Gasteiger charge is -2.10. The standard InChI is InChI=1S/C14H20N2O/c1-2-10-7-11(5-3-4-6-15)14-12(8-10)9-13(17)16-14/h7-8H,2-6,9,15H2,1H3,(H,16,17). The van der Waals surface area contributed by atoms with Crippen LogP contribution in [0.2, 0.25) is 0 Å². The van der Waals surface area contributed by atoms with E-state index in [1.807, 2.05) is 0 Å². The van der Waals surface area contributed by atoms with Crippen LogP contribution >= 0.6 is 0 Å². The molecule has 3 heteroatoms. The van der Waals surface area contributed by atoms with Gasteiger partial charge in [-0.05, 0) is 48.9 Å². The number of hydrogen-bond donors (Lipinski definition) is 2. The van der Waals surface area contributed by atoms with Crippen molar-refractivity contribution in [3.05, 3.63) is 28.8 Å². The van der Waals surface area contributed by atoms with E-state index in [9.17, 15) is 4.79 Å². The van der Waals surface area contributed by atoms with Gasteiger partial charge in [0.15, 0.2) is 0 Å². The van der Waals surface area contributed by atoms with Gasteiger partial charge in [0.1, 0.15) is 0 Å². The minimum absolute atomic E-state index is 0.119. The average Bonchev–Trinajstić information content (AvgIpc) is 2.69. The van der Waals surface area contributed by atoms with Gasteiger partial charge in [-0.1, -0.05) is 19.1 Å². The van der Waals surface area contributed by atoms with Crippen molar-refractivity contribution in [1.82, 2.24) is 0 Å². The second kappa shape index (κ2) is 5.32. The fraction of sp³-hybridized carbons (Fsp3) is 0.500. The first kappa shape index (κ1) is 12.1. The van der Waals surface area contributed by atoms with Gasteiger partial charge in [0, 0.05) is 5.69 Å². The number of carbonyl (C=O) groups excluding carboxylic acids is 1. The topological polar surface area (TPSA) is 55.1 Å². The number of hydrogen-bond acceptors (Lipinski definition) is 2. The molecule has 0 aliphatic carbocycles. The number of nitrogens with one attached hydrogen (secondary N) is 1. The number of anilines is 1. The minimum Gasteiger partial charge on any atom is -0.330 e. The van der Waals surface area contributed by atoms with Crippen LogP contribution in [0.25, 0.3) is 0 Å². The maximum Gasteiger partial charge on any atom is 0.228 e. The van der Waals surface area contributed by atoms with E-state index in [1.54, 1.807) is 0 Å². The number of amides is 1. The van der Waals surface area contributed by atoms with Crippen molar-refractivity contribution in [2.45, 2.75) is 39.0 Å². The summed E-state index contributed by atoms with van der Waals surface area (Å²) >= 11 is 0. The zero-order valence-corrected chi connectivity index (χ0v) is 10.4. The summed E-state index contributed by atoms with van der Waals surface area (Å²) in [5, 5.41) is 2.97. The molecule has 1 aromatic rings. The molecule has 1 heterocycles. The third-order valence-electron chi connectivity index (χ3n) is 3.29. The molecule has 1 aromatic carbocycles. The Bertz CT molecular complexity index is 426. The van der Waals surface area contributed by atoms with Crippen LogP contribution < -0.4 is 11.1 Å². The van der Waals surface area contributed by atoms with Crippen molar-refractivity contribution in [2.24, 2.45) is 5.73 Å². The lowest BCUT2D eigenvalue weighted by molar-refractivity contribution is -0.115. The molecule has 17 heavy (non-hydrogen) atoms. The molecular weight excluding hydrogens is 212 g/mol. The van der Waals surface area contributed by atoms with Gasteiger partial charge in [-0.3, -0.25) is 4.79 Å². The Morgan fingerprint density at radius 3 is 2.88 bits per heavy atom. The molecule has 1 aliphatic heterocycles. The SMILES string of the molecule is CCc1cc(CCCCN)c2c(c1)CC(=O)N2. The Kier molecular flexibility index (Phi) is 3.79. The molecule has 0 spiro atoms. The van der Waals surface area contributed by atoms with Crippen LogP contribution in [0.3, 0.4) is 0 Å². The highest BCUT2D eigenvalue weighted by Crippen LogP contribution is 2.30. The van der Waals surface area contributed by atoms with Crippen LogP contribution in [-0.2, 0) is 24.1 Å². The largest absolute Gasteiger partial charge is 0.330 e. The van der Waals surface area contributed by atoms with Crippen LogP contribution in [0.4, 0.5) is 5.69 Å². The molecule has 1 aliphatic rings. The molecular formula is C14H20N2O. The molecule has 0 bridgehead atoms. The molecule has 0 radical (unpaired) electrons. The number of rotatable bonds is 5. The normalized spacial score (nSPS) is 13.6. The molecule has 0 aromatic heterocycles. The number of aryl methyl sites for hydroxylation is 2. The van der Waals surface area contributed by atoms with Gasteiger partial charge in [-0.25, -0.2) is 0 Å². The Morgan fingerprint density at radius 1 is 1.35 bits per heavy atom. The van der Waals surface area contributed by atoms with Crippen molar-refractivity contribution < 1.29 is 4.79 Å². The van der Waals surface area contributed by atoms with Crippen LogP contribution in [0.1, 0.15) is 36.5 Å². The fourth-order valence-corrected chi connectivity index (χ4v) is 2.36. The molecule has 0 saturated carbocycles. The number of carbonyl (C=O) groups is 1. The number of benzene rings is 1. The summed E-state index contributed by atoms with van der Waals surface area (Å²) in [6.45, 7) is 2.89. The van der Waals surface area contributed by atoms with Crippen molar-refractivity contribution in [1.29, 1.82) is 0 Å². The van der Waals surface area contributed by atoms with Crippen LogP contribution in [-0.4, -0.2) is 12.5 Å².